The van der Waals surface area contributed by atoms with E-state index < -0.39 is 16.5 Å². The van der Waals surface area contributed by atoms with E-state index in [1.54, 1.807) is 24.5 Å². The van der Waals surface area contributed by atoms with Crippen molar-refractivity contribution in [2.24, 2.45) is 0 Å². The fourth-order valence-electron chi connectivity index (χ4n) is 4.57. The van der Waals surface area contributed by atoms with E-state index in [0.717, 1.165) is 18.5 Å². The van der Waals surface area contributed by atoms with Gasteiger partial charge < -0.3 is 15.6 Å². The van der Waals surface area contributed by atoms with Crippen molar-refractivity contribution in [3.8, 4) is 0 Å². The Balaban J connectivity index is 1.48. The highest BCUT2D eigenvalue weighted by molar-refractivity contribution is 7.72. The number of nitrogens with zero attached hydrogens (tertiary/aromatic N) is 2. The van der Waals surface area contributed by atoms with Crippen LogP contribution in [0.1, 0.15) is 29.8 Å². The van der Waals surface area contributed by atoms with Gasteiger partial charge in [0, 0.05) is 54.0 Å². The minimum Gasteiger partial charge on any atom is -0.382 e. The van der Waals surface area contributed by atoms with Gasteiger partial charge in [0.05, 0.1) is 11.4 Å². The van der Waals surface area contributed by atoms with Crippen LogP contribution in [-0.4, -0.2) is 54.2 Å². The lowest BCUT2D eigenvalue weighted by Crippen LogP contribution is -2.39. The van der Waals surface area contributed by atoms with Gasteiger partial charge in [-0.05, 0) is 48.7 Å². The van der Waals surface area contributed by atoms with Gasteiger partial charge in [0.1, 0.15) is 11.6 Å². The average Bonchev–Trinajstić information content (AvgIpc) is 3.44. The molecule has 1 saturated heterocycles. The molecule has 1 aromatic heterocycles. The van der Waals surface area contributed by atoms with Crippen LogP contribution in [0.2, 0.25) is 0 Å². The number of hydrogen-bond acceptors (Lipinski definition) is 6. The summed E-state index contributed by atoms with van der Waals surface area (Å²) in [4.78, 5) is 22.4. The molecule has 1 amide bonds. The molecule has 1 fully saturated rings. The first-order valence-electron chi connectivity index (χ1n) is 11.0. The highest BCUT2D eigenvalue weighted by Crippen LogP contribution is 2.40. The van der Waals surface area contributed by atoms with Gasteiger partial charge in [0.25, 0.3) is 5.91 Å². The lowest BCUT2D eigenvalue weighted by molar-refractivity contribution is -0.110. The summed E-state index contributed by atoms with van der Waals surface area (Å²) >= 11 is 0. The number of aromatic amines is 1. The molecule has 176 valence electrons. The third kappa shape index (κ3) is 4.59. The van der Waals surface area contributed by atoms with Gasteiger partial charge in [-0.25, -0.2) is 17.8 Å². The molecular weight excluding hydrogens is 457 g/mol. The summed E-state index contributed by atoms with van der Waals surface area (Å²) in [5, 5.41) is 6.42. The molecule has 2 aromatic carbocycles. The number of carbonyl (C=O) groups excluding carboxylic acids is 1. The van der Waals surface area contributed by atoms with Crippen molar-refractivity contribution in [3.05, 3.63) is 77.6 Å². The minimum absolute atomic E-state index is 0.0957. The smallest absolute Gasteiger partial charge is 0.257 e. The highest BCUT2D eigenvalue weighted by atomic mass is 32.2. The van der Waals surface area contributed by atoms with Gasteiger partial charge in [0.2, 0.25) is 0 Å². The Morgan fingerprint density at radius 1 is 1.18 bits per heavy atom. The Kier molecular flexibility index (Phi) is 6.16. The van der Waals surface area contributed by atoms with Gasteiger partial charge in [0.15, 0.2) is 10.7 Å². The summed E-state index contributed by atoms with van der Waals surface area (Å²) in [5.41, 5.74) is 3.76. The van der Waals surface area contributed by atoms with Crippen molar-refractivity contribution < 1.29 is 17.6 Å². The number of piperidine rings is 1. The highest BCUT2D eigenvalue weighted by Gasteiger charge is 2.30. The molecule has 0 atom stereocenters. The molecule has 34 heavy (non-hydrogen) atoms. The van der Waals surface area contributed by atoms with Crippen LogP contribution in [0.25, 0.3) is 11.1 Å². The predicted octanol–water partition coefficient (Wildman–Crippen LogP) is 2.91. The fourth-order valence-corrected chi connectivity index (χ4v) is 5.18. The minimum atomic E-state index is -2.41. The first kappa shape index (κ1) is 22.3. The maximum atomic E-state index is 14.1. The van der Waals surface area contributed by atoms with Crippen LogP contribution in [0, 0.1) is 5.82 Å². The van der Waals surface area contributed by atoms with Crippen molar-refractivity contribution in [3.63, 3.8) is 0 Å². The number of thiol groups is 1. The Hall–Kier alpha value is -3.50. The third-order valence-electron chi connectivity index (χ3n) is 6.14. The Bertz CT molecular complexity index is 1320. The molecule has 3 N–H and O–H groups in total. The first-order chi connectivity index (χ1) is 16.5. The fraction of sp³-hybridized carbons (Fsp3) is 0.250. The van der Waals surface area contributed by atoms with Crippen LogP contribution in [-0.2, 0) is 15.5 Å². The number of rotatable bonds is 6. The number of hydrogen-bond donors (Lipinski definition) is 4. The number of benzene rings is 2. The van der Waals surface area contributed by atoms with Crippen molar-refractivity contribution in [1.82, 2.24) is 14.9 Å². The Labute approximate surface area is 197 Å². The molecule has 2 aliphatic heterocycles. The second-order valence-corrected chi connectivity index (χ2v) is 9.37. The standard InChI is InChI=1S/C24H24FN5O3S/c25-16-3-1-2-15(12-16)21(23-26-8-9-27-23)22-19-13-18(4-5-20(19)29-24(22)31)28-17-6-10-30(11-7-17)14-34(32)33/h1-5,8-9,12-13,17,28,34H,6-7,10-11,14H2,(H,26,27)(H,29,31)/b22-21-. The maximum Gasteiger partial charge on any atom is 0.257 e. The van der Waals surface area contributed by atoms with Gasteiger partial charge in [-0.3, -0.25) is 9.69 Å². The number of halogens is 1. The Morgan fingerprint density at radius 2 is 2.00 bits per heavy atom. The number of carbonyl (C=O) groups is 1. The van der Waals surface area contributed by atoms with Crippen molar-refractivity contribution in [1.29, 1.82) is 0 Å². The van der Waals surface area contributed by atoms with E-state index >= 15 is 0 Å². The topological polar surface area (TPSA) is 107 Å². The van der Waals surface area contributed by atoms with Crippen LogP contribution in [0.5, 0.6) is 0 Å². The zero-order chi connectivity index (χ0) is 23.7. The van der Waals surface area contributed by atoms with E-state index in [-0.39, 0.29) is 17.8 Å². The van der Waals surface area contributed by atoms with Crippen LogP contribution in [0.15, 0.2) is 54.9 Å². The number of likely N-dealkylation sites (tertiary alicyclic amines) is 1. The normalized spacial score (nSPS) is 18.1. The average molecular weight is 482 g/mol. The summed E-state index contributed by atoms with van der Waals surface area (Å²) in [6, 6.07) is 12.0. The van der Waals surface area contributed by atoms with E-state index in [1.807, 2.05) is 23.1 Å². The van der Waals surface area contributed by atoms with Crippen LogP contribution in [0.3, 0.4) is 0 Å². The summed E-state index contributed by atoms with van der Waals surface area (Å²) in [7, 11) is -2.41. The second-order valence-electron chi connectivity index (χ2n) is 8.42. The number of H-pyrrole nitrogens is 1. The van der Waals surface area contributed by atoms with E-state index in [1.165, 1.54) is 12.1 Å². The molecule has 2 aliphatic rings. The van der Waals surface area contributed by atoms with Crippen LogP contribution in [0.4, 0.5) is 15.8 Å². The zero-order valence-corrected chi connectivity index (χ0v) is 19.1. The van der Waals surface area contributed by atoms with Crippen LogP contribution >= 0.6 is 0 Å². The number of aromatic nitrogens is 2. The SMILES string of the molecule is O=C1Nc2ccc(NC3CCN(C[SH](=O)=O)CC3)cc2/C1=C(\c1cccc(F)c1)c1ncc[nH]1. The quantitative estimate of drug-likeness (QED) is 0.319. The molecule has 0 bridgehead atoms. The van der Waals surface area contributed by atoms with E-state index in [0.29, 0.717) is 46.9 Å². The third-order valence-corrected chi connectivity index (χ3v) is 6.77. The molecule has 8 nitrogen and oxygen atoms in total. The maximum absolute atomic E-state index is 14.1. The zero-order valence-electron chi connectivity index (χ0n) is 18.3. The molecule has 0 aliphatic carbocycles. The van der Waals surface area contributed by atoms with Crippen molar-refractivity contribution in [2.45, 2.75) is 18.9 Å². The van der Waals surface area contributed by atoms with Gasteiger partial charge in [-0.2, -0.15) is 0 Å². The van der Waals surface area contributed by atoms with Crippen LogP contribution < -0.4 is 10.6 Å². The number of anilines is 2. The number of fused-ring (bicyclic) bond motifs is 1. The summed E-state index contributed by atoms with van der Waals surface area (Å²) in [6.07, 6.45) is 4.90. The lowest BCUT2D eigenvalue weighted by atomic mass is 9.94. The monoisotopic (exact) mass is 481 g/mol. The molecule has 0 radical (unpaired) electrons. The molecule has 3 heterocycles. The second kappa shape index (κ2) is 9.40. The van der Waals surface area contributed by atoms with E-state index in [4.69, 9.17) is 0 Å². The molecule has 5 rings (SSSR count). The molecule has 10 heteroatoms. The van der Waals surface area contributed by atoms with Crippen molar-refractivity contribution in [2.75, 3.05) is 29.6 Å². The molecular formula is C24H24FN5O3S. The summed E-state index contributed by atoms with van der Waals surface area (Å²) in [6.45, 7) is 1.42. The number of amides is 1. The summed E-state index contributed by atoms with van der Waals surface area (Å²) in [5.74, 6) is -0.101. The van der Waals surface area contributed by atoms with Crippen molar-refractivity contribution >= 4 is 39.1 Å². The van der Waals surface area contributed by atoms with Gasteiger partial charge in [-0.1, -0.05) is 12.1 Å². The van der Waals surface area contributed by atoms with E-state index in [2.05, 4.69) is 20.6 Å². The molecule has 0 saturated carbocycles. The predicted molar refractivity (Wildman–Crippen MR) is 129 cm³/mol. The van der Waals surface area contributed by atoms with E-state index in [9.17, 15) is 17.6 Å². The van der Waals surface area contributed by atoms with Gasteiger partial charge in [-0.15, -0.1) is 0 Å². The number of imidazole rings is 1. The Morgan fingerprint density at radius 3 is 2.71 bits per heavy atom. The number of nitrogens with one attached hydrogen (secondary N) is 3. The van der Waals surface area contributed by atoms with Gasteiger partial charge >= 0.3 is 0 Å². The molecule has 3 aromatic rings. The molecule has 0 unspecified atom stereocenters. The molecule has 0 spiro atoms. The lowest BCUT2D eigenvalue weighted by Gasteiger charge is -2.31. The first-order valence-corrected chi connectivity index (χ1v) is 12.4. The largest absolute Gasteiger partial charge is 0.382 e. The summed E-state index contributed by atoms with van der Waals surface area (Å²) < 4.78 is 36.0.